The van der Waals surface area contributed by atoms with E-state index in [0.717, 1.165) is 25.1 Å². The maximum absolute atomic E-state index is 5.52. The van der Waals surface area contributed by atoms with Crippen LogP contribution < -0.4 is 10.6 Å². The summed E-state index contributed by atoms with van der Waals surface area (Å²) in [5, 5.41) is 0. The second kappa shape index (κ2) is 6.33. The minimum atomic E-state index is 0.663. The van der Waals surface area contributed by atoms with Crippen LogP contribution in [-0.2, 0) is 0 Å². The lowest BCUT2D eigenvalue weighted by atomic mass is 10.0. The van der Waals surface area contributed by atoms with E-state index in [1.54, 1.807) is 0 Å². The van der Waals surface area contributed by atoms with E-state index in [2.05, 4.69) is 49.6 Å². The molecule has 0 aliphatic carbocycles. The van der Waals surface area contributed by atoms with Gasteiger partial charge < -0.3 is 10.6 Å². The van der Waals surface area contributed by atoms with Gasteiger partial charge in [-0.15, -0.1) is 0 Å². The third kappa shape index (κ3) is 3.11. The summed E-state index contributed by atoms with van der Waals surface area (Å²) >= 11 is 0. The predicted octanol–water partition coefficient (Wildman–Crippen LogP) is 2.89. The standard InChI is InChI=1S/C14H22N2/c1-4-16(5-2)14-8-6-13(7-9-14)12(3)10-11-15/h6-9H,3-5,10-11,15H2,1-2H3. The Morgan fingerprint density at radius 2 is 1.75 bits per heavy atom. The van der Waals surface area contributed by atoms with E-state index in [-0.39, 0.29) is 0 Å². The van der Waals surface area contributed by atoms with Crippen LogP contribution in [0.3, 0.4) is 0 Å². The molecule has 0 spiro atoms. The van der Waals surface area contributed by atoms with Crippen LogP contribution >= 0.6 is 0 Å². The highest BCUT2D eigenvalue weighted by Gasteiger charge is 2.02. The number of hydrogen-bond donors (Lipinski definition) is 1. The SMILES string of the molecule is C=C(CCN)c1ccc(N(CC)CC)cc1. The number of anilines is 1. The zero-order chi connectivity index (χ0) is 12.0. The Bertz CT molecular complexity index is 323. The maximum Gasteiger partial charge on any atom is 0.0366 e. The fraction of sp³-hybridized carbons (Fsp3) is 0.429. The topological polar surface area (TPSA) is 29.3 Å². The smallest absolute Gasteiger partial charge is 0.0366 e. The molecule has 0 heterocycles. The van der Waals surface area contributed by atoms with Crippen LogP contribution in [0.15, 0.2) is 30.8 Å². The molecule has 2 heteroatoms. The van der Waals surface area contributed by atoms with E-state index in [0.29, 0.717) is 6.54 Å². The van der Waals surface area contributed by atoms with Crippen LogP contribution in [0.4, 0.5) is 5.69 Å². The van der Waals surface area contributed by atoms with Crippen molar-refractivity contribution >= 4 is 11.3 Å². The lowest BCUT2D eigenvalue weighted by Crippen LogP contribution is -2.21. The average Bonchev–Trinajstić information content (AvgIpc) is 2.32. The quantitative estimate of drug-likeness (QED) is 0.795. The van der Waals surface area contributed by atoms with Crippen LogP contribution in [0.1, 0.15) is 25.8 Å². The van der Waals surface area contributed by atoms with Crippen molar-refractivity contribution in [2.24, 2.45) is 5.73 Å². The molecule has 0 fully saturated rings. The Labute approximate surface area is 98.8 Å². The highest BCUT2D eigenvalue weighted by molar-refractivity contribution is 5.65. The van der Waals surface area contributed by atoms with Crippen LogP contribution in [0.5, 0.6) is 0 Å². The van der Waals surface area contributed by atoms with Gasteiger partial charge in [0.05, 0.1) is 0 Å². The van der Waals surface area contributed by atoms with Crippen molar-refractivity contribution in [2.45, 2.75) is 20.3 Å². The molecule has 0 saturated heterocycles. The summed E-state index contributed by atoms with van der Waals surface area (Å²) in [7, 11) is 0. The van der Waals surface area contributed by atoms with Gasteiger partial charge >= 0.3 is 0 Å². The van der Waals surface area contributed by atoms with Crippen LogP contribution in [0.25, 0.3) is 5.57 Å². The van der Waals surface area contributed by atoms with Crippen molar-refractivity contribution in [2.75, 3.05) is 24.5 Å². The first-order valence-corrected chi connectivity index (χ1v) is 5.96. The van der Waals surface area contributed by atoms with E-state index in [9.17, 15) is 0 Å². The highest BCUT2D eigenvalue weighted by atomic mass is 15.1. The number of nitrogens with two attached hydrogens (primary N) is 1. The normalized spacial score (nSPS) is 10.2. The molecule has 1 rings (SSSR count). The fourth-order valence-corrected chi connectivity index (χ4v) is 1.82. The van der Waals surface area contributed by atoms with Gasteiger partial charge in [0.25, 0.3) is 0 Å². The van der Waals surface area contributed by atoms with Gasteiger partial charge in [0.15, 0.2) is 0 Å². The van der Waals surface area contributed by atoms with Crippen LogP contribution in [0.2, 0.25) is 0 Å². The molecule has 0 bridgehead atoms. The second-order valence-corrected chi connectivity index (χ2v) is 3.86. The average molecular weight is 218 g/mol. The molecule has 2 N–H and O–H groups in total. The molecule has 0 aromatic heterocycles. The Morgan fingerprint density at radius 1 is 1.19 bits per heavy atom. The maximum atomic E-state index is 5.52. The van der Waals surface area contributed by atoms with Gasteiger partial charge in [-0.1, -0.05) is 18.7 Å². The van der Waals surface area contributed by atoms with Gasteiger partial charge in [0.1, 0.15) is 0 Å². The lowest BCUT2D eigenvalue weighted by Gasteiger charge is -2.21. The molecule has 16 heavy (non-hydrogen) atoms. The highest BCUT2D eigenvalue weighted by Crippen LogP contribution is 2.20. The van der Waals surface area contributed by atoms with Gasteiger partial charge in [-0.3, -0.25) is 0 Å². The fourth-order valence-electron chi connectivity index (χ4n) is 1.82. The minimum absolute atomic E-state index is 0.663. The third-order valence-electron chi connectivity index (χ3n) is 2.85. The zero-order valence-electron chi connectivity index (χ0n) is 10.4. The first-order valence-electron chi connectivity index (χ1n) is 5.96. The van der Waals surface area contributed by atoms with Crippen molar-refractivity contribution in [3.63, 3.8) is 0 Å². The molecule has 1 aromatic carbocycles. The molecular weight excluding hydrogens is 196 g/mol. The van der Waals surface area contributed by atoms with Crippen LogP contribution in [-0.4, -0.2) is 19.6 Å². The summed E-state index contributed by atoms with van der Waals surface area (Å²) in [5.41, 5.74) is 9.11. The molecular formula is C14H22N2. The number of nitrogens with zero attached hydrogens (tertiary/aromatic N) is 1. The number of rotatable bonds is 6. The van der Waals surface area contributed by atoms with Gasteiger partial charge in [0, 0.05) is 18.8 Å². The molecule has 0 aliphatic heterocycles. The molecule has 0 radical (unpaired) electrons. The zero-order valence-corrected chi connectivity index (χ0v) is 10.4. The van der Waals surface area contributed by atoms with E-state index < -0.39 is 0 Å². The first-order chi connectivity index (χ1) is 7.72. The molecule has 2 nitrogen and oxygen atoms in total. The molecule has 0 amide bonds. The van der Waals surface area contributed by atoms with Gasteiger partial charge in [-0.25, -0.2) is 0 Å². The summed E-state index contributed by atoms with van der Waals surface area (Å²) < 4.78 is 0. The minimum Gasteiger partial charge on any atom is -0.372 e. The van der Waals surface area contributed by atoms with Crippen molar-refractivity contribution < 1.29 is 0 Å². The summed E-state index contributed by atoms with van der Waals surface area (Å²) in [6.07, 6.45) is 0.866. The third-order valence-corrected chi connectivity index (χ3v) is 2.85. The molecule has 0 atom stereocenters. The first kappa shape index (κ1) is 12.8. The summed E-state index contributed by atoms with van der Waals surface area (Å²) in [6, 6.07) is 8.57. The summed E-state index contributed by atoms with van der Waals surface area (Å²) in [6.45, 7) is 11.1. The van der Waals surface area contributed by atoms with Gasteiger partial charge in [-0.05, 0) is 50.1 Å². The van der Waals surface area contributed by atoms with E-state index in [1.165, 1.54) is 11.3 Å². The molecule has 0 unspecified atom stereocenters. The molecule has 0 aliphatic rings. The number of benzene rings is 1. The van der Waals surface area contributed by atoms with Crippen molar-refractivity contribution in [3.8, 4) is 0 Å². The second-order valence-electron chi connectivity index (χ2n) is 3.86. The monoisotopic (exact) mass is 218 g/mol. The van der Waals surface area contributed by atoms with E-state index in [4.69, 9.17) is 5.73 Å². The van der Waals surface area contributed by atoms with Crippen molar-refractivity contribution in [1.82, 2.24) is 0 Å². The Balaban J connectivity index is 2.78. The summed E-state index contributed by atoms with van der Waals surface area (Å²) in [5.74, 6) is 0. The molecule has 88 valence electrons. The Kier molecular flexibility index (Phi) is 5.06. The lowest BCUT2D eigenvalue weighted by molar-refractivity contribution is 0.866. The van der Waals surface area contributed by atoms with Gasteiger partial charge in [0.2, 0.25) is 0 Å². The molecule has 0 saturated carbocycles. The van der Waals surface area contributed by atoms with E-state index >= 15 is 0 Å². The summed E-state index contributed by atoms with van der Waals surface area (Å²) in [4.78, 5) is 2.33. The van der Waals surface area contributed by atoms with Crippen molar-refractivity contribution in [1.29, 1.82) is 0 Å². The largest absolute Gasteiger partial charge is 0.372 e. The predicted molar refractivity (Wildman–Crippen MR) is 72.7 cm³/mol. The Morgan fingerprint density at radius 3 is 2.19 bits per heavy atom. The molecule has 1 aromatic rings. The van der Waals surface area contributed by atoms with Crippen LogP contribution in [0, 0.1) is 0 Å². The number of hydrogen-bond acceptors (Lipinski definition) is 2. The van der Waals surface area contributed by atoms with Gasteiger partial charge in [-0.2, -0.15) is 0 Å². The van der Waals surface area contributed by atoms with Crippen molar-refractivity contribution in [3.05, 3.63) is 36.4 Å². The Hall–Kier alpha value is -1.28. The van der Waals surface area contributed by atoms with E-state index in [1.807, 2.05) is 0 Å².